The molecule has 3 amide bonds. The number of hydrogen-bond donors (Lipinski definition) is 2. The summed E-state index contributed by atoms with van der Waals surface area (Å²) in [5.74, 6) is -1.07. The lowest BCUT2D eigenvalue weighted by molar-refractivity contribution is -0.150. The van der Waals surface area contributed by atoms with Gasteiger partial charge in [-0.1, -0.05) is 0 Å². The average Bonchev–Trinajstić information content (AvgIpc) is 2.38. The second kappa shape index (κ2) is 6.58. The Hall–Kier alpha value is -1.79. The summed E-state index contributed by atoms with van der Waals surface area (Å²) >= 11 is 0. The monoisotopic (exact) mass is 285 g/mol. The first-order valence-corrected chi connectivity index (χ1v) is 6.78. The molecule has 1 unspecified atom stereocenters. The highest BCUT2D eigenvalue weighted by molar-refractivity contribution is 5.86. The van der Waals surface area contributed by atoms with Gasteiger partial charge in [0, 0.05) is 33.6 Å². The Balaban J connectivity index is 2.57. The van der Waals surface area contributed by atoms with Crippen molar-refractivity contribution in [3.8, 4) is 0 Å². The van der Waals surface area contributed by atoms with Gasteiger partial charge in [-0.15, -0.1) is 0 Å². The molecule has 1 aliphatic rings. The fraction of sp³-hybridized carbons (Fsp3) is 0.769. The largest absolute Gasteiger partial charge is 0.480 e. The molecule has 0 spiro atoms. The maximum Gasteiger partial charge on any atom is 0.329 e. The third-order valence-corrected chi connectivity index (χ3v) is 3.71. The fourth-order valence-corrected chi connectivity index (χ4v) is 2.26. The van der Waals surface area contributed by atoms with Crippen LogP contribution >= 0.6 is 0 Å². The minimum Gasteiger partial charge on any atom is -0.480 e. The van der Waals surface area contributed by atoms with Gasteiger partial charge in [0.05, 0.1) is 0 Å². The van der Waals surface area contributed by atoms with Crippen LogP contribution in [0.2, 0.25) is 0 Å². The highest BCUT2D eigenvalue weighted by Gasteiger charge is 2.43. The summed E-state index contributed by atoms with van der Waals surface area (Å²) in [4.78, 5) is 37.7. The number of carboxylic acid groups (broad SMARTS) is 1. The standard InChI is InChI=1S/C13H23N3O4/c1-13(11(18)19)7-4-5-9-16(13)12(20)14-8-6-10(17)15(2)3/h4-9H2,1-3H3,(H,14,20)(H,18,19). The zero-order valence-electron chi connectivity index (χ0n) is 12.3. The summed E-state index contributed by atoms with van der Waals surface area (Å²) in [6.45, 7) is 2.21. The van der Waals surface area contributed by atoms with Crippen LogP contribution in [0, 0.1) is 0 Å². The molecule has 0 bridgehead atoms. The van der Waals surface area contributed by atoms with Gasteiger partial charge < -0.3 is 20.2 Å². The molecule has 2 N–H and O–H groups in total. The third-order valence-electron chi connectivity index (χ3n) is 3.71. The van der Waals surface area contributed by atoms with E-state index in [0.29, 0.717) is 13.0 Å². The maximum absolute atomic E-state index is 12.1. The van der Waals surface area contributed by atoms with E-state index in [9.17, 15) is 19.5 Å². The van der Waals surface area contributed by atoms with Crippen LogP contribution in [-0.4, -0.2) is 65.5 Å². The van der Waals surface area contributed by atoms with Crippen molar-refractivity contribution in [2.45, 2.75) is 38.1 Å². The summed E-state index contributed by atoms with van der Waals surface area (Å²) in [7, 11) is 3.30. The molecule has 1 aliphatic heterocycles. The van der Waals surface area contributed by atoms with E-state index in [1.165, 1.54) is 9.80 Å². The van der Waals surface area contributed by atoms with Crippen LogP contribution in [0.15, 0.2) is 0 Å². The Morgan fingerprint density at radius 1 is 1.30 bits per heavy atom. The Morgan fingerprint density at radius 3 is 2.50 bits per heavy atom. The minimum atomic E-state index is -1.16. The summed E-state index contributed by atoms with van der Waals surface area (Å²) < 4.78 is 0. The van der Waals surface area contributed by atoms with Crippen LogP contribution in [-0.2, 0) is 9.59 Å². The van der Waals surface area contributed by atoms with E-state index in [0.717, 1.165) is 12.8 Å². The lowest BCUT2D eigenvalue weighted by Crippen LogP contribution is -2.60. The third kappa shape index (κ3) is 3.61. The number of nitrogens with one attached hydrogen (secondary N) is 1. The highest BCUT2D eigenvalue weighted by atomic mass is 16.4. The van der Waals surface area contributed by atoms with Gasteiger partial charge in [-0.05, 0) is 26.2 Å². The molecule has 7 heteroatoms. The number of aliphatic carboxylic acids is 1. The van der Waals surface area contributed by atoms with Gasteiger partial charge in [0.1, 0.15) is 5.54 Å². The van der Waals surface area contributed by atoms with Crippen molar-refractivity contribution in [2.75, 3.05) is 27.2 Å². The summed E-state index contributed by atoms with van der Waals surface area (Å²) in [6, 6.07) is -0.416. The van der Waals surface area contributed by atoms with E-state index in [-0.39, 0.29) is 18.9 Å². The lowest BCUT2D eigenvalue weighted by atomic mass is 9.89. The SMILES string of the molecule is CN(C)C(=O)CCNC(=O)N1CCCCC1(C)C(=O)O. The molecule has 1 saturated heterocycles. The molecule has 0 aromatic carbocycles. The average molecular weight is 285 g/mol. The number of carbonyl (C=O) groups is 3. The number of amides is 3. The second-order valence-corrected chi connectivity index (χ2v) is 5.46. The first kappa shape index (κ1) is 16.3. The predicted octanol–water partition coefficient (Wildman–Crippen LogP) is 0.504. The molecular weight excluding hydrogens is 262 g/mol. The number of carboxylic acids is 1. The van der Waals surface area contributed by atoms with E-state index in [1.54, 1.807) is 21.0 Å². The number of rotatable bonds is 4. The van der Waals surface area contributed by atoms with E-state index in [1.807, 2.05) is 0 Å². The molecule has 20 heavy (non-hydrogen) atoms. The van der Waals surface area contributed by atoms with Crippen molar-refractivity contribution in [1.82, 2.24) is 15.1 Å². The highest BCUT2D eigenvalue weighted by Crippen LogP contribution is 2.28. The van der Waals surface area contributed by atoms with E-state index < -0.39 is 17.5 Å². The van der Waals surface area contributed by atoms with Crippen molar-refractivity contribution in [2.24, 2.45) is 0 Å². The number of urea groups is 1. The van der Waals surface area contributed by atoms with Gasteiger partial charge in [-0.25, -0.2) is 9.59 Å². The van der Waals surface area contributed by atoms with Crippen LogP contribution in [0.1, 0.15) is 32.6 Å². The quantitative estimate of drug-likeness (QED) is 0.787. The van der Waals surface area contributed by atoms with Crippen molar-refractivity contribution in [1.29, 1.82) is 0 Å². The Bertz CT molecular complexity index is 397. The van der Waals surface area contributed by atoms with Crippen LogP contribution in [0.5, 0.6) is 0 Å². The molecule has 7 nitrogen and oxygen atoms in total. The van der Waals surface area contributed by atoms with Gasteiger partial charge in [-0.2, -0.15) is 0 Å². The summed E-state index contributed by atoms with van der Waals surface area (Å²) in [5, 5.41) is 11.9. The number of nitrogens with zero attached hydrogens (tertiary/aromatic N) is 2. The van der Waals surface area contributed by atoms with Crippen molar-refractivity contribution in [3.63, 3.8) is 0 Å². The van der Waals surface area contributed by atoms with Crippen LogP contribution in [0.25, 0.3) is 0 Å². The smallest absolute Gasteiger partial charge is 0.329 e. The molecule has 1 fully saturated rings. The molecule has 1 heterocycles. The first-order valence-electron chi connectivity index (χ1n) is 6.78. The van der Waals surface area contributed by atoms with E-state index in [4.69, 9.17) is 0 Å². The number of piperidine rings is 1. The first-order chi connectivity index (χ1) is 9.29. The normalized spacial score (nSPS) is 22.2. The van der Waals surface area contributed by atoms with Crippen molar-refractivity contribution < 1.29 is 19.5 Å². The Morgan fingerprint density at radius 2 is 1.95 bits per heavy atom. The molecule has 0 saturated carbocycles. The molecule has 0 aromatic heterocycles. The van der Waals surface area contributed by atoms with Gasteiger partial charge in [0.2, 0.25) is 5.91 Å². The van der Waals surface area contributed by atoms with E-state index in [2.05, 4.69) is 5.32 Å². The molecule has 0 radical (unpaired) electrons. The minimum absolute atomic E-state index is 0.0788. The Labute approximate surface area is 118 Å². The van der Waals surface area contributed by atoms with E-state index >= 15 is 0 Å². The van der Waals surface area contributed by atoms with Gasteiger partial charge in [-0.3, -0.25) is 4.79 Å². The Kier molecular flexibility index (Phi) is 5.35. The van der Waals surface area contributed by atoms with Crippen LogP contribution in [0.3, 0.4) is 0 Å². The summed E-state index contributed by atoms with van der Waals surface area (Å²) in [6.07, 6.45) is 2.25. The fourth-order valence-electron chi connectivity index (χ4n) is 2.26. The molecular formula is C13H23N3O4. The predicted molar refractivity (Wildman–Crippen MR) is 73.3 cm³/mol. The molecule has 0 aromatic rings. The van der Waals surface area contributed by atoms with Gasteiger partial charge in [0.15, 0.2) is 0 Å². The maximum atomic E-state index is 12.1. The molecule has 0 aliphatic carbocycles. The summed E-state index contributed by atoms with van der Waals surface area (Å²) in [5.41, 5.74) is -1.16. The number of hydrogen-bond acceptors (Lipinski definition) is 3. The van der Waals surface area contributed by atoms with Crippen molar-refractivity contribution in [3.05, 3.63) is 0 Å². The van der Waals surface area contributed by atoms with Crippen LogP contribution in [0.4, 0.5) is 4.79 Å². The lowest BCUT2D eigenvalue weighted by Gasteiger charge is -2.41. The number of likely N-dealkylation sites (tertiary alicyclic amines) is 1. The van der Waals surface area contributed by atoms with Crippen molar-refractivity contribution >= 4 is 17.9 Å². The molecule has 114 valence electrons. The number of carbonyl (C=O) groups excluding carboxylic acids is 2. The molecule has 1 atom stereocenters. The zero-order valence-corrected chi connectivity index (χ0v) is 12.3. The second-order valence-electron chi connectivity index (χ2n) is 5.46. The van der Waals surface area contributed by atoms with Crippen LogP contribution < -0.4 is 5.32 Å². The zero-order chi connectivity index (χ0) is 15.3. The van der Waals surface area contributed by atoms with Gasteiger partial charge in [0.25, 0.3) is 0 Å². The van der Waals surface area contributed by atoms with Gasteiger partial charge >= 0.3 is 12.0 Å². The molecule has 1 rings (SSSR count). The topological polar surface area (TPSA) is 90.0 Å².